The van der Waals surface area contributed by atoms with Crippen molar-refractivity contribution in [2.45, 2.75) is 366 Å². The normalized spacial score (nSPS) is 14.1. The second-order valence-corrected chi connectivity index (χ2v) is 28.5. The number of carbonyl (C=O) groups is 1. The van der Waals surface area contributed by atoms with E-state index in [1.165, 1.54) is 250 Å². The summed E-state index contributed by atoms with van der Waals surface area (Å²) >= 11 is 0. The summed E-state index contributed by atoms with van der Waals surface area (Å²) in [5.41, 5.74) is 0. The molecule has 0 saturated heterocycles. The van der Waals surface area contributed by atoms with Crippen LogP contribution in [0.4, 0.5) is 0 Å². The Bertz CT molecular complexity index is 1780. The molecule has 0 heterocycles. The van der Waals surface area contributed by atoms with E-state index in [1.54, 1.807) is 6.08 Å². The van der Waals surface area contributed by atoms with E-state index in [4.69, 9.17) is 9.05 Å². The number of aliphatic hydroxyl groups is 1. The van der Waals surface area contributed by atoms with E-state index < -0.39 is 20.0 Å². The standard InChI is InChI=1S/C80H147N2O6P/c1-6-8-10-12-14-16-18-20-22-24-26-28-30-32-34-36-37-38-39-40-41-42-43-44-45-46-48-50-52-54-56-58-60-62-64-66-68-70-72-74-80(84)81-78(77-88-89(85,86)87-76-75-82(3,4)5)79(83)73-71-69-67-65-63-61-59-57-55-53-51-49-47-35-33-31-29-27-25-23-21-19-17-15-13-11-9-7-2/h8,10,14,16,20,22,26,28,32,34,37-38,40-41,71,73,78-79,83H,6-7,9,11-13,15,17-19,21,23-25,27,29-31,33,35-36,39,42-70,72,74-77H2,1-5H3,(H-,81,84,85,86)/p+1/b10-8-,16-14-,22-20-,28-26-,34-32-,38-37-,41-40-,73-71+. The maximum Gasteiger partial charge on any atom is 0.472 e. The number of nitrogens with zero attached hydrogens (tertiary/aromatic N) is 1. The van der Waals surface area contributed by atoms with Gasteiger partial charge in [0.05, 0.1) is 39.9 Å². The molecule has 0 bridgehead atoms. The average molecular weight is 1270 g/mol. The third kappa shape index (κ3) is 72.7. The highest BCUT2D eigenvalue weighted by Gasteiger charge is 2.28. The fourth-order valence-corrected chi connectivity index (χ4v) is 11.9. The Morgan fingerprint density at radius 3 is 0.989 bits per heavy atom. The molecule has 0 radical (unpaired) electrons. The van der Waals surface area contributed by atoms with Crippen LogP contribution < -0.4 is 5.32 Å². The number of hydrogen-bond donors (Lipinski definition) is 3. The number of phosphoric acid groups is 1. The third-order valence-electron chi connectivity index (χ3n) is 17.1. The molecule has 8 nitrogen and oxygen atoms in total. The zero-order chi connectivity index (χ0) is 64.8. The lowest BCUT2D eigenvalue weighted by Crippen LogP contribution is -2.45. The van der Waals surface area contributed by atoms with Gasteiger partial charge >= 0.3 is 7.82 Å². The summed E-state index contributed by atoms with van der Waals surface area (Å²) in [5.74, 6) is -0.174. The summed E-state index contributed by atoms with van der Waals surface area (Å²) < 4.78 is 23.9. The molecule has 89 heavy (non-hydrogen) atoms. The molecule has 3 atom stereocenters. The van der Waals surface area contributed by atoms with Crippen LogP contribution in [0, 0.1) is 0 Å². The van der Waals surface area contributed by atoms with Gasteiger partial charge in [0.1, 0.15) is 13.2 Å². The van der Waals surface area contributed by atoms with Gasteiger partial charge in [-0.15, -0.1) is 0 Å². The van der Waals surface area contributed by atoms with E-state index in [0.29, 0.717) is 17.4 Å². The van der Waals surface area contributed by atoms with E-state index in [-0.39, 0.29) is 19.1 Å². The Morgan fingerprint density at radius 1 is 0.393 bits per heavy atom. The first-order valence-corrected chi connectivity index (χ1v) is 39.6. The smallest absolute Gasteiger partial charge is 0.387 e. The van der Waals surface area contributed by atoms with Crippen molar-refractivity contribution >= 4 is 13.7 Å². The SMILES string of the molecule is CC/C=C\C/C=C\C/C=C\C/C=C\C/C=C\C/C=C\C/C=C\CCCCCCCCCCCCCCCCCCCC(=O)NC(COP(=O)(O)OCC[N+](C)(C)C)C(O)/C=C/CCCCCCCCCCCCCCCCCCCCCCCCCCCC. The molecule has 1 amide bonds. The minimum Gasteiger partial charge on any atom is -0.387 e. The maximum atomic E-state index is 13.1. The number of carbonyl (C=O) groups excluding carboxylic acids is 1. The molecular weight excluding hydrogens is 1120 g/mol. The number of aliphatic hydroxyl groups excluding tert-OH is 1. The molecule has 9 heteroatoms. The molecule has 3 unspecified atom stereocenters. The number of rotatable bonds is 70. The molecule has 518 valence electrons. The molecule has 0 saturated carbocycles. The molecule has 0 aliphatic heterocycles. The van der Waals surface area contributed by atoms with E-state index >= 15 is 0 Å². The van der Waals surface area contributed by atoms with Crippen molar-refractivity contribution in [1.82, 2.24) is 5.32 Å². The zero-order valence-electron chi connectivity index (χ0n) is 59.4. The summed E-state index contributed by atoms with van der Waals surface area (Å²) in [6.45, 7) is 4.74. The molecule has 0 rings (SSSR count). The lowest BCUT2D eigenvalue weighted by molar-refractivity contribution is -0.870. The number of unbranched alkanes of at least 4 members (excludes halogenated alkanes) is 43. The van der Waals surface area contributed by atoms with Crippen LogP contribution in [0.25, 0.3) is 0 Å². The Hall–Kier alpha value is -2.58. The molecule has 0 aromatic heterocycles. The second kappa shape index (κ2) is 69.8. The highest BCUT2D eigenvalue weighted by molar-refractivity contribution is 7.47. The highest BCUT2D eigenvalue weighted by Crippen LogP contribution is 2.43. The van der Waals surface area contributed by atoms with Crippen molar-refractivity contribution in [3.63, 3.8) is 0 Å². The third-order valence-corrected chi connectivity index (χ3v) is 18.0. The molecule has 3 N–H and O–H groups in total. The van der Waals surface area contributed by atoms with Gasteiger partial charge in [-0.25, -0.2) is 4.57 Å². The van der Waals surface area contributed by atoms with Gasteiger partial charge in [-0.1, -0.05) is 368 Å². The van der Waals surface area contributed by atoms with Gasteiger partial charge in [0.25, 0.3) is 0 Å². The van der Waals surface area contributed by atoms with Crippen LogP contribution in [0.15, 0.2) is 97.2 Å². The quantitative estimate of drug-likeness (QED) is 0.0243. The summed E-state index contributed by atoms with van der Waals surface area (Å²) in [7, 11) is 1.58. The lowest BCUT2D eigenvalue weighted by atomic mass is 10.0. The Labute approximate surface area is 553 Å². The van der Waals surface area contributed by atoms with Crippen molar-refractivity contribution in [3.8, 4) is 0 Å². The van der Waals surface area contributed by atoms with Gasteiger partial charge in [0, 0.05) is 6.42 Å². The fraction of sp³-hybridized carbons (Fsp3) is 0.787. The van der Waals surface area contributed by atoms with Gasteiger partial charge < -0.3 is 19.8 Å². The number of quaternary nitrogens is 1. The number of hydrogen-bond acceptors (Lipinski definition) is 5. The molecule has 0 spiro atoms. The topological polar surface area (TPSA) is 105 Å². The summed E-state index contributed by atoms with van der Waals surface area (Å²) in [6.07, 6.45) is 101. The van der Waals surface area contributed by atoms with Gasteiger partial charge in [0.2, 0.25) is 5.91 Å². The van der Waals surface area contributed by atoms with Crippen molar-refractivity contribution < 1.29 is 32.9 Å². The predicted octanol–water partition coefficient (Wildman–Crippen LogP) is 24.8. The Kier molecular flexibility index (Phi) is 67.7. The van der Waals surface area contributed by atoms with Gasteiger partial charge in [-0.05, 0) is 77.0 Å². The van der Waals surface area contributed by atoms with Crippen LogP contribution in [0.1, 0.15) is 354 Å². The number of amides is 1. The van der Waals surface area contributed by atoms with E-state index in [1.807, 2.05) is 27.2 Å². The number of nitrogens with one attached hydrogen (secondary N) is 1. The minimum atomic E-state index is -4.36. The van der Waals surface area contributed by atoms with Gasteiger partial charge in [-0.3, -0.25) is 13.8 Å². The monoisotopic (exact) mass is 1260 g/mol. The predicted molar refractivity (Wildman–Crippen MR) is 392 cm³/mol. The summed E-state index contributed by atoms with van der Waals surface area (Å²) in [4.78, 5) is 23.5. The van der Waals surface area contributed by atoms with Crippen LogP contribution in [-0.2, 0) is 18.4 Å². The van der Waals surface area contributed by atoms with Crippen LogP contribution in [0.3, 0.4) is 0 Å². The number of phosphoric ester groups is 1. The highest BCUT2D eigenvalue weighted by atomic mass is 31.2. The lowest BCUT2D eigenvalue weighted by Gasteiger charge is -2.25. The largest absolute Gasteiger partial charge is 0.472 e. The fourth-order valence-electron chi connectivity index (χ4n) is 11.2. The maximum absolute atomic E-state index is 13.1. The Morgan fingerprint density at radius 2 is 0.674 bits per heavy atom. The zero-order valence-corrected chi connectivity index (χ0v) is 60.3. The van der Waals surface area contributed by atoms with Crippen LogP contribution in [-0.4, -0.2) is 73.4 Å². The van der Waals surface area contributed by atoms with Crippen molar-refractivity contribution in [2.75, 3.05) is 40.9 Å². The Balaban J connectivity index is 4.01. The van der Waals surface area contributed by atoms with E-state index in [0.717, 1.165) is 83.5 Å². The number of likely N-dealkylation sites (N-methyl/N-ethyl adjacent to an activating group) is 1. The molecule has 0 fully saturated rings. The molecule has 0 aliphatic carbocycles. The molecule has 0 aromatic carbocycles. The first-order chi connectivity index (χ1) is 43.5. The van der Waals surface area contributed by atoms with Crippen LogP contribution in [0.2, 0.25) is 0 Å². The minimum absolute atomic E-state index is 0.0603. The van der Waals surface area contributed by atoms with Crippen molar-refractivity contribution in [3.05, 3.63) is 97.2 Å². The average Bonchev–Trinajstić information content (AvgIpc) is 3.55. The first-order valence-electron chi connectivity index (χ1n) is 38.1. The van der Waals surface area contributed by atoms with Gasteiger partial charge in [-0.2, -0.15) is 0 Å². The van der Waals surface area contributed by atoms with Crippen LogP contribution >= 0.6 is 7.82 Å². The summed E-state index contributed by atoms with van der Waals surface area (Å²) in [5, 5.41) is 14.0. The van der Waals surface area contributed by atoms with Gasteiger partial charge in [0.15, 0.2) is 0 Å². The molecule has 0 aliphatic rings. The number of allylic oxidation sites excluding steroid dienone is 15. The van der Waals surface area contributed by atoms with Crippen molar-refractivity contribution in [2.24, 2.45) is 0 Å². The second-order valence-electron chi connectivity index (χ2n) is 27.0. The molecular formula is C80H148N2O6P+. The van der Waals surface area contributed by atoms with E-state index in [2.05, 4.69) is 104 Å². The van der Waals surface area contributed by atoms with Crippen molar-refractivity contribution in [1.29, 1.82) is 0 Å². The molecule has 0 aromatic rings. The first kappa shape index (κ1) is 86.4. The van der Waals surface area contributed by atoms with E-state index in [9.17, 15) is 19.4 Å². The van der Waals surface area contributed by atoms with Crippen LogP contribution in [0.5, 0.6) is 0 Å². The summed E-state index contributed by atoms with van der Waals surface area (Å²) in [6, 6.07) is -0.852.